The van der Waals surface area contributed by atoms with Crippen molar-refractivity contribution in [1.82, 2.24) is 15.5 Å². The van der Waals surface area contributed by atoms with Crippen molar-refractivity contribution in [3.63, 3.8) is 0 Å². The summed E-state index contributed by atoms with van der Waals surface area (Å²) in [6.07, 6.45) is 1.52. The van der Waals surface area contributed by atoms with Crippen LogP contribution in [0.25, 0.3) is 0 Å². The predicted molar refractivity (Wildman–Crippen MR) is 141 cm³/mol. The molecule has 0 radical (unpaired) electrons. The molecule has 0 heterocycles. The Hall–Kier alpha value is -1.99. The van der Waals surface area contributed by atoms with Gasteiger partial charge in [0, 0.05) is 25.4 Å². The van der Waals surface area contributed by atoms with E-state index in [0.29, 0.717) is 0 Å². The van der Waals surface area contributed by atoms with E-state index in [1.165, 1.54) is 11.0 Å². The Bertz CT molecular complexity index is 925. The summed E-state index contributed by atoms with van der Waals surface area (Å²) in [6, 6.07) is 7.89. The molecule has 0 saturated heterocycles. The molecular formula is C26H44N3O5P. The Morgan fingerprint density at radius 2 is 1.63 bits per heavy atom. The van der Waals surface area contributed by atoms with Crippen LogP contribution in [0, 0.1) is 11.3 Å². The zero-order valence-electron chi connectivity index (χ0n) is 22.8. The van der Waals surface area contributed by atoms with Crippen LogP contribution in [-0.4, -0.2) is 60.9 Å². The number of rotatable bonds is 11. The molecule has 1 rings (SSSR count). The van der Waals surface area contributed by atoms with Crippen LogP contribution in [0.3, 0.4) is 0 Å². The topological polar surface area (TPSA) is 108 Å². The maximum absolute atomic E-state index is 13.7. The largest absolute Gasteiger partial charge is 0.351 e. The molecule has 2 amide bonds. The van der Waals surface area contributed by atoms with Crippen LogP contribution in [0.15, 0.2) is 42.2 Å². The molecule has 4 atom stereocenters. The van der Waals surface area contributed by atoms with Gasteiger partial charge in [-0.2, -0.15) is 0 Å². The van der Waals surface area contributed by atoms with Crippen LogP contribution in [0.4, 0.5) is 0 Å². The van der Waals surface area contributed by atoms with Crippen molar-refractivity contribution >= 4 is 19.4 Å². The zero-order valence-corrected chi connectivity index (χ0v) is 23.7. The molecule has 1 unspecified atom stereocenters. The summed E-state index contributed by atoms with van der Waals surface area (Å²) in [4.78, 5) is 38.5. The average molecular weight is 510 g/mol. The third-order valence-electron chi connectivity index (χ3n) is 6.40. The van der Waals surface area contributed by atoms with Gasteiger partial charge in [-0.3, -0.25) is 14.2 Å². The summed E-state index contributed by atoms with van der Waals surface area (Å²) in [5, 5.41) is 6.13. The van der Waals surface area contributed by atoms with Crippen LogP contribution < -0.4 is 10.6 Å². The monoisotopic (exact) mass is 509 g/mol. The fraction of sp³-hybridized carbons (Fsp3) is 0.615. The van der Waals surface area contributed by atoms with E-state index in [4.69, 9.17) is 0 Å². The second-order valence-corrected chi connectivity index (χ2v) is 12.7. The van der Waals surface area contributed by atoms with Crippen LogP contribution in [0.5, 0.6) is 0 Å². The van der Waals surface area contributed by atoms with Crippen molar-refractivity contribution in [2.24, 2.45) is 11.3 Å². The molecule has 8 nitrogen and oxygen atoms in total. The number of carbonyl (C=O) groups excluding carboxylic acids is 2. The van der Waals surface area contributed by atoms with Crippen molar-refractivity contribution in [1.29, 1.82) is 0 Å². The van der Waals surface area contributed by atoms with Gasteiger partial charge in [-0.1, -0.05) is 84.9 Å². The molecule has 0 fully saturated rings. The first-order valence-corrected chi connectivity index (χ1v) is 13.5. The lowest BCUT2D eigenvalue weighted by molar-refractivity contribution is -0.140. The van der Waals surface area contributed by atoms with Crippen molar-refractivity contribution in [2.75, 3.05) is 21.2 Å². The molecule has 9 heteroatoms. The SMILES string of the molecule is CN[C@H](C(=O)N[C@H](C(=O)N(C)[C@H](/C=C/P(=O)(O)OC)C(C)C)C(C)(C)C)C(C)(C)c1ccccc1. The molecule has 1 aromatic rings. The smallest absolute Gasteiger partial charge is 0.342 e. The second-order valence-electron chi connectivity index (χ2n) is 10.9. The quantitative estimate of drug-likeness (QED) is 0.391. The molecule has 0 bridgehead atoms. The Morgan fingerprint density at radius 3 is 2.06 bits per heavy atom. The lowest BCUT2D eigenvalue weighted by Gasteiger charge is -2.39. The number of benzene rings is 1. The number of hydrogen-bond donors (Lipinski definition) is 3. The minimum atomic E-state index is -3.88. The van der Waals surface area contributed by atoms with E-state index in [0.717, 1.165) is 18.5 Å². The van der Waals surface area contributed by atoms with Gasteiger partial charge in [0.05, 0.1) is 12.1 Å². The summed E-state index contributed by atoms with van der Waals surface area (Å²) < 4.78 is 16.6. The van der Waals surface area contributed by atoms with Gasteiger partial charge in [-0.15, -0.1) is 0 Å². The fourth-order valence-electron chi connectivity index (χ4n) is 4.14. The molecule has 0 aliphatic carbocycles. The second kappa shape index (κ2) is 12.3. The van der Waals surface area contributed by atoms with Gasteiger partial charge in [-0.25, -0.2) is 0 Å². The normalized spacial score (nSPS) is 17.0. The van der Waals surface area contributed by atoms with Crippen LogP contribution in [0.2, 0.25) is 0 Å². The molecule has 3 N–H and O–H groups in total. The molecule has 0 saturated carbocycles. The van der Waals surface area contributed by atoms with Gasteiger partial charge in [0.25, 0.3) is 0 Å². The maximum Gasteiger partial charge on any atom is 0.351 e. The van der Waals surface area contributed by atoms with Crippen molar-refractivity contribution in [3.05, 3.63) is 47.8 Å². The maximum atomic E-state index is 13.7. The fourth-order valence-corrected chi connectivity index (χ4v) is 4.65. The summed E-state index contributed by atoms with van der Waals surface area (Å²) >= 11 is 0. The van der Waals surface area contributed by atoms with Crippen LogP contribution >= 0.6 is 7.60 Å². The molecule has 0 aliphatic rings. The van der Waals surface area contributed by atoms with E-state index in [1.54, 1.807) is 14.1 Å². The standard InChI is InChI=1S/C26H44N3O5P/c1-18(2)20(16-17-35(32,33)34-10)29(9)24(31)22(25(3,4)5)28-23(30)21(27-8)26(6,7)19-14-12-11-13-15-19/h11-18,20-22,27H,1-10H3,(H,28,30)(H,32,33)/b17-16+/t20-,21-,22-/m1/s1. The van der Waals surface area contributed by atoms with Crippen LogP contribution in [0.1, 0.15) is 54.0 Å². The molecule has 1 aromatic carbocycles. The van der Waals surface area contributed by atoms with Crippen molar-refractivity contribution < 1.29 is 23.6 Å². The van der Waals surface area contributed by atoms with Crippen LogP contribution in [-0.2, 0) is 24.1 Å². The van der Waals surface area contributed by atoms with Crippen molar-refractivity contribution in [2.45, 2.75) is 72.0 Å². The lowest BCUT2D eigenvalue weighted by atomic mass is 9.76. The number of carbonyl (C=O) groups is 2. The number of likely N-dealkylation sites (N-methyl/N-ethyl adjacent to an activating group) is 2. The van der Waals surface area contributed by atoms with Gasteiger partial charge in [0.2, 0.25) is 11.8 Å². The first-order valence-electron chi connectivity index (χ1n) is 11.9. The minimum absolute atomic E-state index is 0.0459. The average Bonchev–Trinajstić information content (AvgIpc) is 2.76. The Balaban J connectivity index is 3.27. The van der Waals surface area contributed by atoms with Gasteiger partial charge in [-0.05, 0) is 23.9 Å². The van der Waals surface area contributed by atoms with E-state index in [1.807, 2.05) is 78.8 Å². The van der Waals surface area contributed by atoms with Gasteiger partial charge in [0.1, 0.15) is 6.04 Å². The molecule has 0 spiro atoms. The summed E-state index contributed by atoms with van der Waals surface area (Å²) in [7, 11) is 0.653. The van der Waals surface area contributed by atoms with Gasteiger partial charge >= 0.3 is 7.60 Å². The Labute approximate surface area is 211 Å². The highest BCUT2D eigenvalue weighted by Crippen LogP contribution is 2.42. The predicted octanol–water partition coefficient (Wildman–Crippen LogP) is 3.91. The van der Waals surface area contributed by atoms with E-state index in [9.17, 15) is 19.0 Å². The Kier molecular flexibility index (Phi) is 10.9. The summed E-state index contributed by atoms with van der Waals surface area (Å²) in [6.45, 7) is 13.5. The third kappa shape index (κ3) is 8.28. The molecular weight excluding hydrogens is 465 g/mol. The number of hydrogen-bond acceptors (Lipinski definition) is 5. The third-order valence-corrected chi connectivity index (χ3v) is 7.47. The molecule has 35 heavy (non-hydrogen) atoms. The molecule has 198 valence electrons. The highest BCUT2D eigenvalue weighted by Gasteiger charge is 2.41. The summed E-state index contributed by atoms with van der Waals surface area (Å²) in [5.41, 5.74) is -0.120. The van der Waals surface area contributed by atoms with E-state index < -0.39 is 36.6 Å². The number of amides is 2. The lowest BCUT2D eigenvalue weighted by Crippen LogP contribution is -2.61. The van der Waals surface area contributed by atoms with Gasteiger partial charge < -0.3 is 25.0 Å². The highest BCUT2D eigenvalue weighted by molar-refractivity contribution is 7.56. The molecule has 0 aliphatic heterocycles. The summed E-state index contributed by atoms with van der Waals surface area (Å²) in [5.74, 6) is 0.493. The minimum Gasteiger partial charge on any atom is -0.342 e. The first kappa shape index (κ1) is 31.0. The molecule has 0 aromatic heterocycles. The first-order chi connectivity index (χ1) is 16.0. The Morgan fingerprint density at radius 1 is 1.09 bits per heavy atom. The van der Waals surface area contributed by atoms with Gasteiger partial charge in [0.15, 0.2) is 0 Å². The van der Waals surface area contributed by atoms with E-state index in [2.05, 4.69) is 15.2 Å². The van der Waals surface area contributed by atoms with E-state index >= 15 is 0 Å². The van der Waals surface area contributed by atoms with E-state index in [-0.39, 0.29) is 17.7 Å². The zero-order chi connectivity index (χ0) is 27.2. The number of nitrogens with zero attached hydrogens (tertiary/aromatic N) is 1. The highest BCUT2D eigenvalue weighted by atomic mass is 31.2. The number of nitrogens with one attached hydrogen (secondary N) is 2. The van der Waals surface area contributed by atoms with Crippen molar-refractivity contribution in [3.8, 4) is 0 Å².